The second-order valence-corrected chi connectivity index (χ2v) is 6.65. The van der Waals surface area contributed by atoms with Crippen LogP contribution in [0.5, 0.6) is 0 Å². The van der Waals surface area contributed by atoms with E-state index in [1.807, 2.05) is 11.8 Å². The fourth-order valence-corrected chi connectivity index (χ4v) is 3.65. The highest BCUT2D eigenvalue weighted by molar-refractivity contribution is 5.94. The number of likely N-dealkylation sites (tertiary alicyclic amines) is 1. The van der Waals surface area contributed by atoms with Crippen LogP contribution in [0.2, 0.25) is 0 Å². The van der Waals surface area contributed by atoms with Crippen molar-refractivity contribution in [1.82, 2.24) is 15.0 Å². The summed E-state index contributed by atoms with van der Waals surface area (Å²) in [6, 6.07) is 2.03. The zero-order chi connectivity index (χ0) is 16.4. The molecule has 2 fully saturated rings. The number of carbonyl (C=O) groups is 2. The number of carbonyl (C=O) groups excluding carboxylic acids is 2. The highest BCUT2D eigenvalue weighted by Gasteiger charge is 2.40. The largest absolute Gasteiger partial charge is 0.361 e. The monoisotopic (exact) mass is 319 g/mol. The summed E-state index contributed by atoms with van der Waals surface area (Å²) in [5.74, 6) is 0.621. The molecule has 126 valence electrons. The van der Waals surface area contributed by atoms with Crippen LogP contribution in [-0.2, 0) is 4.79 Å². The van der Waals surface area contributed by atoms with E-state index in [1.165, 1.54) is 19.3 Å². The van der Waals surface area contributed by atoms with E-state index in [0.29, 0.717) is 30.6 Å². The summed E-state index contributed by atoms with van der Waals surface area (Å²) >= 11 is 0. The van der Waals surface area contributed by atoms with Crippen molar-refractivity contribution in [1.29, 1.82) is 0 Å². The summed E-state index contributed by atoms with van der Waals surface area (Å²) in [4.78, 5) is 28.7. The van der Waals surface area contributed by atoms with E-state index in [2.05, 4.69) is 5.16 Å². The standard InChI is InChI=1S/C17H25N3O3/c1-3-20(14-7-5-4-6-8-14)16(21)13-10-19(11-13)17(22)15-9-12(2)23-18-15/h9,13-14H,3-8,10-11H2,1-2H3. The molecule has 2 heterocycles. The lowest BCUT2D eigenvalue weighted by Crippen LogP contribution is -2.58. The van der Waals surface area contributed by atoms with Gasteiger partial charge in [-0.05, 0) is 26.7 Å². The molecule has 6 nitrogen and oxygen atoms in total. The molecule has 2 aliphatic rings. The van der Waals surface area contributed by atoms with Crippen LogP contribution in [0.15, 0.2) is 10.6 Å². The molecule has 1 aliphatic heterocycles. The molecule has 0 radical (unpaired) electrons. The van der Waals surface area contributed by atoms with Crippen LogP contribution in [0.1, 0.15) is 55.3 Å². The molecular formula is C17H25N3O3. The van der Waals surface area contributed by atoms with Crippen LogP contribution in [-0.4, -0.2) is 52.4 Å². The molecule has 3 rings (SSSR count). The topological polar surface area (TPSA) is 66.7 Å². The van der Waals surface area contributed by atoms with Gasteiger partial charge in [-0.3, -0.25) is 9.59 Å². The molecule has 0 bridgehead atoms. The highest BCUT2D eigenvalue weighted by atomic mass is 16.5. The lowest BCUT2D eigenvalue weighted by Gasteiger charge is -2.42. The molecular weight excluding hydrogens is 294 g/mol. The van der Waals surface area contributed by atoms with E-state index in [1.54, 1.807) is 17.9 Å². The SMILES string of the molecule is CCN(C(=O)C1CN(C(=O)c2cc(C)on2)C1)C1CCCCC1. The van der Waals surface area contributed by atoms with E-state index in [-0.39, 0.29) is 17.7 Å². The fraction of sp³-hybridized carbons (Fsp3) is 0.706. The quantitative estimate of drug-likeness (QED) is 0.853. The van der Waals surface area contributed by atoms with Gasteiger partial charge in [0.15, 0.2) is 5.69 Å². The molecule has 0 atom stereocenters. The summed E-state index contributed by atoms with van der Waals surface area (Å²) in [5.41, 5.74) is 0.327. The van der Waals surface area contributed by atoms with Crippen molar-refractivity contribution >= 4 is 11.8 Å². The summed E-state index contributed by atoms with van der Waals surface area (Å²) in [6.07, 6.45) is 5.95. The molecule has 1 aliphatic carbocycles. The van der Waals surface area contributed by atoms with Crippen molar-refractivity contribution < 1.29 is 14.1 Å². The normalized spacial score (nSPS) is 19.5. The number of rotatable bonds is 4. The predicted molar refractivity (Wildman–Crippen MR) is 84.9 cm³/mol. The first kappa shape index (κ1) is 16.0. The van der Waals surface area contributed by atoms with Crippen molar-refractivity contribution in [3.63, 3.8) is 0 Å². The zero-order valence-electron chi connectivity index (χ0n) is 14.0. The Bertz CT molecular complexity index is 571. The van der Waals surface area contributed by atoms with Crippen molar-refractivity contribution in [2.24, 2.45) is 5.92 Å². The van der Waals surface area contributed by atoms with Crippen molar-refractivity contribution in [2.75, 3.05) is 19.6 Å². The Balaban J connectivity index is 1.55. The molecule has 0 spiro atoms. The van der Waals surface area contributed by atoms with Crippen LogP contribution in [0.3, 0.4) is 0 Å². The van der Waals surface area contributed by atoms with Crippen LogP contribution < -0.4 is 0 Å². The predicted octanol–water partition coefficient (Wildman–Crippen LogP) is 2.24. The third-order valence-corrected chi connectivity index (χ3v) is 5.00. The second-order valence-electron chi connectivity index (χ2n) is 6.65. The van der Waals surface area contributed by atoms with E-state index in [9.17, 15) is 9.59 Å². The molecule has 1 saturated heterocycles. The number of hydrogen-bond donors (Lipinski definition) is 0. The average molecular weight is 319 g/mol. The number of amides is 2. The Morgan fingerprint density at radius 1 is 1.30 bits per heavy atom. The van der Waals surface area contributed by atoms with E-state index in [0.717, 1.165) is 19.4 Å². The van der Waals surface area contributed by atoms with Gasteiger partial charge in [-0.25, -0.2) is 0 Å². The lowest BCUT2D eigenvalue weighted by molar-refractivity contribution is -0.142. The fourth-order valence-electron chi connectivity index (χ4n) is 3.65. The van der Waals surface area contributed by atoms with Gasteiger partial charge in [0.1, 0.15) is 5.76 Å². The minimum absolute atomic E-state index is 0.0613. The van der Waals surface area contributed by atoms with Gasteiger partial charge in [0.2, 0.25) is 5.91 Å². The third kappa shape index (κ3) is 3.26. The Labute approximate surface area is 136 Å². The lowest BCUT2D eigenvalue weighted by atomic mass is 9.91. The Kier molecular flexibility index (Phi) is 4.68. The van der Waals surface area contributed by atoms with Gasteiger partial charge in [-0.2, -0.15) is 0 Å². The van der Waals surface area contributed by atoms with Gasteiger partial charge in [-0.15, -0.1) is 0 Å². The Hall–Kier alpha value is -1.85. The highest BCUT2D eigenvalue weighted by Crippen LogP contribution is 2.27. The second kappa shape index (κ2) is 6.72. The molecule has 1 aromatic heterocycles. The smallest absolute Gasteiger partial charge is 0.276 e. The van der Waals surface area contributed by atoms with Crippen molar-refractivity contribution in [2.45, 2.75) is 52.0 Å². The van der Waals surface area contributed by atoms with Gasteiger partial charge < -0.3 is 14.3 Å². The first-order valence-corrected chi connectivity index (χ1v) is 8.63. The maximum atomic E-state index is 12.7. The summed E-state index contributed by atoms with van der Waals surface area (Å²) < 4.78 is 4.94. The van der Waals surface area contributed by atoms with Crippen LogP contribution in [0.4, 0.5) is 0 Å². The van der Waals surface area contributed by atoms with Gasteiger partial charge in [0, 0.05) is 31.7 Å². The van der Waals surface area contributed by atoms with Gasteiger partial charge in [-0.1, -0.05) is 24.4 Å². The number of hydrogen-bond acceptors (Lipinski definition) is 4. The molecule has 0 aromatic carbocycles. The molecule has 23 heavy (non-hydrogen) atoms. The van der Waals surface area contributed by atoms with E-state index in [4.69, 9.17) is 4.52 Å². The van der Waals surface area contributed by atoms with Crippen molar-refractivity contribution in [3.05, 3.63) is 17.5 Å². The van der Waals surface area contributed by atoms with Crippen LogP contribution in [0.25, 0.3) is 0 Å². The van der Waals surface area contributed by atoms with Crippen LogP contribution in [0, 0.1) is 12.8 Å². The average Bonchev–Trinajstić information content (AvgIpc) is 2.94. The van der Waals surface area contributed by atoms with Crippen molar-refractivity contribution in [3.8, 4) is 0 Å². The van der Waals surface area contributed by atoms with Crippen LogP contribution >= 0.6 is 0 Å². The van der Waals surface area contributed by atoms with Gasteiger partial charge in [0.25, 0.3) is 5.91 Å². The minimum Gasteiger partial charge on any atom is -0.361 e. The third-order valence-electron chi connectivity index (χ3n) is 5.00. The number of aromatic nitrogens is 1. The molecule has 1 aromatic rings. The number of aryl methyl sites for hydroxylation is 1. The summed E-state index contributed by atoms with van der Waals surface area (Å²) in [7, 11) is 0. The van der Waals surface area contributed by atoms with Gasteiger partial charge >= 0.3 is 0 Å². The van der Waals surface area contributed by atoms with E-state index >= 15 is 0 Å². The Morgan fingerprint density at radius 2 is 2.00 bits per heavy atom. The number of nitrogens with zero attached hydrogens (tertiary/aromatic N) is 3. The zero-order valence-corrected chi connectivity index (χ0v) is 14.0. The molecule has 1 saturated carbocycles. The molecule has 0 N–H and O–H groups in total. The van der Waals surface area contributed by atoms with Gasteiger partial charge in [0.05, 0.1) is 5.92 Å². The first-order valence-electron chi connectivity index (χ1n) is 8.63. The molecule has 2 amide bonds. The maximum absolute atomic E-state index is 12.7. The Morgan fingerprint density at radius 3 is 2.57 bits per heavy atom. The summed E-state index contributed by atoms with van der Waals surface area (Å²) in [5, 5.41) is 3.75. The molecule has 6 heteroatoms. The maximum Gasteiger partial charge on any atom is 0.276 e. The van der Waals surface area contributed by atoms with E-state index < -0.39 is 0 Å². The minimum atomic E-state index is -0.147. The first-order chi connectivity index (χ1) is 11.1. The summed E-state index contributed by atoms with van der Waals surface area (Å²) in [6.45, 7) is 5.55. The molecule has 0 unspecified atom stereocenters.